The van der Waals surface area contributed by atoms with Crippen molar-refractivity contribution in [2.75, 3.05) is 13.2 Å². The minimum atomic E-state index is -3.91. The summed E-state index contributed by atoms with van der Waals surface area (Å²) in [6.07, 6.45) is -0.993. The highest BCUT2D eigenvalue weighted by Crippen LogP contribution is 2.16. The van der Waals surface area contributed by atoms with Gasteiger partial charge in [-0.25, -0.2) is 17.9 Å². The lowest BCUT2D eigenvalue weighted by Gasteiger charge is -2.10. The number of nitrogens with one attached hydrogen (secondary N) is 1. The van der Waals surface area contributed by atoms with Crippen LogP contribution in [0, 0.1) is 5.92 Å². The Morgan fingerprint density at radius 3 is 2.35 bits per heavy atom. The molecule has 0 aliphatic heterocycles. The first-order valence-electron chi connectivity index (χ1n) is 6.27. The predicted molar refractivity (Wildman–Crippen MR) is 74.1 cm³/mol. The molecule has 1 aromatic carbocycles. The third kappa shape index (κ3) is 5.08. The van der Waals surface area contributed by atoms with Crippen LogP contribution in [0.5, 0.6) is 5.75 Å². The highest BCUT2D eigenvalue weighted by atomic mass is 32.2. The fraction of sp³-hybridized carbons (Fsp3) is 0.462. The summed E-state index contributed by atoms with van der Waals surface area (Å²) < 4.78 is 35.5. The van der Waals surface area contributed by atoms with Crippen molar-refractivity contribution in [3.63, 3.8) is 0 Å². The van der Waals surface area contributed by atoms with Gasteiger partial charge in [0.2, 0.25) is 0 Å². The number of sulfonamides is 1. The Morgan fingerprint density at radius 2 is 1.85 bits per heavy atom. The van der Waals surface area contributed by atoms with Crippen LogP contribution >= 0.6 is 0 Å². The highest BCUT2D eigenvalue weighted by molar-refractivity contribution is 7.90. The first-order chi connectivity index (χ1) is 9.35. The Bertz CT molecular complexity index is 536. The largest absolute Gasteiger partial charge is 0.493 e. The van der Waals surface area contributed by atoms with Gasteiger partial charge in [0.25, 0.3) is 10.0 Å². The molecule has 0 aliphatic rings. The van der Waals surface area contributed by atoms with E-state index in [1.54, 1.807) is 19.1 Å². The number of carbonyl (C=O) groups is 1. The van der Waals surface area contributed by atoms with Gasteiger partial charge in [-0.3, -0.25) is 0 Å². The zero-order valence-electron chi connectivity index (χ0n) is 11.8. The second kappa shape index (κ2) is 7.14. The van der Waals surface area contributed by atoms with Gasteiger partial charge in [0.05, 0.1) is 18.1 Å². The Labute approximate surface area is 119 Å². The number of benzene rings is 1. The molecule has 0 fully saturated rings. The van der Waals surface area contributed by atoms with Crippen LogP contribution in [-0.2, 0) is 14.8 Å². The Morgan fingerprint density at radius 1 is 1.25 bits per heavy atom. The van der Waals surface area contributed by atoms with Gasteiger partial charge in [-0.2, -0.15) is 0 Å². The van der Waals surface area contributed by atoms with E-state index in [4.69, 9.17) is 4.74 Å². The molecule has 0 saturated carbocycles. The molecule has 0 heterocycles. The van der Waals surface area contributed by atoms with E-state index in [-0.39, 0.29) is 11.5 Å². The fourth-order valence-corrected chi connectivity index (χ4v) is 2.20. The Kier molecular flexibility index (Phi) is 5.82. The number of hydrogen-bond acceptors (Lipinski definition) is 5. The molecule has 0 bridgehead atoms. The van der Waals surface area contributed by atoms with Crippen LogP contribution in [0.3, 0.4) is 0 Å². The third-order valence-corrected chi connectivity index (χ3v) is 3.54. The monoisotopic (exact) mass is 301 g/mol. The summed E-state index contributed by atoms with van der Waals surface area (Å²) in [5.74, 6) is 0.956. The van der Waals surface area contributed by atoms with Gasteiger partial charge in [0.15, 0.2) is 0 Å². The van der Waals surface area contributed by atoms with Crippen molar-refractivity contribution in [3.8, 4) is 5.75 Å². The summed E-state index contributed by atoms with van der Waals surface area (Å²) >= 11 is 0. The fourth-order valence-electron chi connectivity index (χ4n) is 1.31. The molecule has 0 aromatic heterocycles. The first kappa shape index (κ1) is 16.3. The minimum absolute atomic E-state index is 0.0255. The number of rotatable bonds is 6. The zero-order chi connectivity index (χ0) is 15.2. The molecule has 1 N–H and O–H groups in total. The van der Waals surface area contributed by atoms with Crippen LogP contribution in [0.15, 0.2) is 29.2 Å². The maximum absolute atomic E-state index is 11.8. The number of hydrogen-bond donors (Lipinski definition) is 1. The summed E-state index contributed by atoms with van der Waals surface area (Å²) in [6.45, 7) is 6.27. The second-order valence-corrected chi connectivity index (χ2v) is 6.18. The van der Waals surface area contributed by atoms with Gasteiger partial charge in [0.1, 0.15) is 5.75 Å². The molecule has 0 aliphatic carbocycles. The molecular weight excluding hydrogens is 282 g/mol. The summed E-state index contributed by atoms with van der Waals surface area (Å²) in [5, 5.41) is 0. The molecule has 0 atom stereocenters. The van der Waals surface area contributed by atoms with Crippen molar-refractivity contribution < 1.29 is 22.7 Å². The van der Waals surface area contributed by atoms with Gasteiger partial charge in [-0.15, -0.1) is 0 Å². The van der Waals surface area contributed by atoms with E-state index in [2.05, 4.69) is 4.74 Å². The summed E-state index contributed by atoms with van der Waals surface area (Å²) in [5.41, 5.74) is 0. The van der Waals surface area contributed by atoms with E-state index in [9.17, 15) is 13.2 Å². The maximum Gasteiger partial charge on any atom is 0.421 e. The Balaban J connectivity index is 2.74. The van der Waals surface area contributed by atoms with E-state index < -0.39 is 16.1 Å². The molecule has 112 valence electrons. The quantitative estimate of drug-likeness (QED) is 0.870. The molecule has 7 heteroatoms. The van der Waals surface area contributed by atoms with Gasteiger partial charge >= 0.3 is 6.09 Å². The van der Waals surface area contributed by atoms with Gasteiger partial charge < -0.3 is 9.47 Å². The Hall–Kier alpha value is -1.76. The SMILES string of the molecule is CCOC(=O)NS(=O)(=O)c1ccc(OCC(C)C)cc1. The molecular formula is C13H19NO5S. The summed E-state index contributed by atoms with van der Waals surface area (Å²) in [6, 6.07) is 5.83. The van der Waals surface area contributed by atoms with Gasteiger partial charge in [-0.05, 0) is 37.1 Å². The highest BCUT2D eigenvalue weighted by Gasteiger charge is 2.18. The lowest BCUT2D eigenvalue weighted by atomic mass is 10.2. The molecule has 0 unspecified atom stereocenters. The predicted octanol–water partition coefficient (Wildman–Crippen LogP) is 2.16. The van der Waals surface area contributed by atoms with Crippen LogP contribution in [0.4, 0.5) is 4.79 Å². The van der Waals surface area contributed by atoms with Crippen molar-refractivity contribution in [3.05, 3.63) is 24.3 Å². The number of ether oxygens (including phenoxy) is 2. The summed E-state index contributed by atoms with van der Waals surface area (Å²) in [4.78, 5) is 11.1. The van der Waals surface area contributed by atoms with E-state index >= 15 is 0 Å². The average molecular weight is 301 g/mol. The lowest BCUT2D eigenvalue weighted by Crippen LogP contribution is -2.31. The third-order valence-electron chi connectivity index (χ3n) is 2.21. The van der Waals surface area contributed by atoms with Crippen LogP contribution in [0.1, 0.15) is 20.8 Å². The molecule has 0 saturated heterocycles. The van der Waals surface area contributed by atoms with E-state index in [0.29, 0.717) is 18.3 Å². The van der Waals surface area contributed by atoms with Gasteiger partial charge in [0, 0.05) is 0 Å². The van der Waals surface area contributed by atoms with Crippen molar-refractivity contribution in [1.82, 2.24) is 4.72 Å². The molecule has 6 nitrogen and oxygen atoms in total. The van der Waals surface area contributed by atoms with Crippen molar-refractivity contribution in [2.45, 2.75) is 25.7 Å². The van der Waals surface area contributed by atoms with Crippen molar-refractivity contribution >= 4 is 16.1 Å². The van der Waals surface area contributed by atoms with Crippen LogP contribution < -0.4 is 9.46 Å². The van der Waals surface area contributed by atoms with Crippen molar-refractivity contribution in [2.24, 2.45) is 5.92 Å². The molecule has 20 heavy (non-hydrogen) atoms. The first-order valence-corrected chi connectivity index (χ1v) is 7.76. The van der Waals surface area contributed by atoms with E-state index in [0.717, 1.165) is 0 Å². The molecule has 1 rings (SSSR count). The molecule has 1 aromatic rings. The zero-order valence-corrected chi connectivity index (χ0v) is 12.6. The average Bonchev–Trinajstić information content (AvgIpc) is 2.36. The minimum Gasteiger partial charge on any atom is -0.493 e. The van der Waals surface area contributed by atoms with Crippen LogP contribution in [0.25, 0.3) is 0 Å². The van der Waals surface area contributed by atoms with Crippen LogP contribution in [-0.4, -0.2) is 27.7 Å². The molecule has 0 spiro atoms. The lowest BCUT2D eigenvalue weighted by molar-refractivity contribution is 0.158. The smallest absolute Gasteiger partial charge is 0.421 e. The molecule has 1 amide bonds. The van der Waals surface area contributed by atoms with Crippen molar-refractivity contribution in [1.29, 1.82) is 0 Å². The maximum atomic E-state index is 11.8. The van der Waals surface area contributed by atoms with Crippen LogP contribution in [0.2, 0.25) is 0 Å². The summed E-state index contributed by atoms with van der Waals surface area (Å²) in [7, 11) is -3.91. The second-order valence-electron chi connectivity index (χ2n) is 4.50. The number of carbonyl (C=O) groups excluding carboxylic acids is 1. The molecule has 0 radical (unpaired) electrons. The topological polar surface area (TPSA) is 81.7 Å². The van der Waals surface area contributed by atoms with Gasteiger partial charge in [-0.1, -0.05) is 13.8 Å². The normalized spacial score (nSPS) is 11.2. The van der Waals surface area contributed by atoms with E-state index in [1.807, 2.05) is 18.6 Å². The van der Waals surface area contributed by atoms with E-state index in [1.165, 1.54) is 12.1 Å². The standard InChI is InChI=1S/C13H19NO5S/c1-4-18-13(15)14-20(16,17)12-7-5-11(6-8-12)19-9-10(2)3/h5-8,10H,4,9H2,1-3H3,(H,14,15). The number of amides is 1.